The molecule has 0 bridgehead atoms. The number of aliphatic hydroxyl groups excluding tert-OH is 1. The number of carbonyl (C=O) groups excluding carboxylic acids is 2. The Hall–Kier alpha value is -3.64. The second kappa shape index (κ2) is 8.62. The summed E-state index contributed by atoms with van der Waals surface area (Å²) in [4.78, 5) is 26.1. The summed E-state index contributed by atoms with van der Waals surface area (Å²) in [5.41, 5.74) is -1.57. The van der Waals surface area contributed by atoms with E-state index in [1.165, 1.54) is 0 Å². The Morgan fingerprint density at radius 1 is 0.710 bits per heavy atom. The van der Waals surface area contributed by atoms with Crippen LogP contribution in [0.1, 0.15) is 26.3 Å². The van der Waals surface area contributed by atoms with E-state index in [4.69, 9.17) is 0 Å². The molecule has 3 N–H and O–H groups in total. The molecule has 0 saturated carbocycles. The summed E-state index contributed by atoms with van der Waals surface area (Å²) in [7, 11) is 0. The monoisotopic (exact) mass is 411 g/mol. The number of aliphatic hydroxyl groups is 2. The van der Waals surface area contributed by atoms with E-state index in [1.54, 1.807) is 78.9 Å². The summed E-state index contributed by atoms with van der Waals surface area (Å²) in [6.07, 6.45) is -1.81. The van der Waals surface area contributed by atoms with Crippen molar-refractivity contribution in [2.24, 2.45) is 0 Å². The van der Waals surface area contributed by atoms with Gasteiger partial charge in [0.05, 0.1) is 0 Å². The first-order chi connectivity index (χ1) is 15.0. The molecule has 4 aromatic carbocycles. The van der Waals surface area contributed by atoms with Crippen LogP contribution in [-0.4, -0.2) is 28.0 Å². The highest BCUT2D eigenvalue weighted by Gasteiger charge is 2.41. The second-order valence-corrected chi connectivity index (χ2v) is 7.24. The number of hydrogen-bond donors (Lipinski definition) is 3. The minimum Gasteiger partial charge on any atom is -0.371 e. The fourth-order valence-corrected chi connectivity index (χ4v) is 3.52. The highest BCUT2D eigenvalue weighted by atomic mass is 16.3. The largest absolute Gasteiger partial charge is 0.371 e. The van der Waals surface area contributed by atoms with Gasteiger partial charge in [-0.05, 0) is 16.8 Å². The third kappa shape index (κ3) is 4.15. The SMILES string of the molecule is O=C(c1ccc2ccccc2c1)C(O)NC(O)(C(=O)c1ccccc1)c1ccccc1. The molecule has 0 fully saturated rings. The lowest BCUT2D eigenvalue weighted by atomic mass is 9.92. The normalized spacial score (nSPS) is 14.0. The van der Waals surface area contributed by atoms with E-state index in [-0.39, 0.29) is 16.7 Å². The Morgan fingerprint density at radius 2 is 1.29 bits per heavy atom. The Morgan fingerprint density at radius 3 is 1.97 bits per heavy atom. The van der Waals surface area contributed by atoms with E-state index in [9.17, 15) is 19.8 Å². The van der Waals surface area contributed by atoms with Crippen molar-refractivity contribution in [2.45, 2.75) is 12.0 Å². The number of Topliss-reactive ketones (excluding diaryl/α,β-unsaturated/α-hetero) is 2. The predicted octanol–water partition coefficient (Wildman–Crippen LogP) is 3.66. The highest BCUT2D eigenvalue weighted by molar-refractivity contribution is 6.05. The van der Waals surface area contributed by atoms with Crippen molar-refractivity contribution in [3.63, 3.8) is 0 Å². The van der Waals surface area contributed by atoms with Crippen molar-refractivity contribution in [2.75, 3.05) is 0 Å². The molecule has 5 nitrogen and oxygen atoms in total. The molecule has 0 spiro atoms. The average molecular weight is 411 g/mol. The van der Waals surface area contributed by atoms with Crippen molar-refractivity contribution in [1.29, 1.82) is 0 Å². The summed E-state index contributed by atoms with van der Waals surface area (Å²) in [6, 6.07) is 29.0. The first-order valence-corrected chi connectivity index (χ1v) is 9.85. The molecule has 0 saturated heterocycles. The quantitative estimate of drug-likeness (QED) is 0.319. The molecule has 2 atom stereocenters. The van der Waals surface area contributed by atoms with Gasteiger partial charge < -0.3 is 10.2 Å². The van der Waals surface area contributed by atoms with E-state index >= 15 is 0 Å². The molecule has 31 heavy (non-hydrogen) atoms. The maximum atomic E-state index is 13.2. The molecule has 0 aliphatic rings. The molecule has 0 heterocycles. The van der Waals surface area contributed by atoms with Gasteiger partial charge in [0.1, 0.15) is 0 Å². The van der Waals surface area contributed by atoms with Gasteiger partial charge in [-0.25, -0.2) is 5.32 Å². The van der Waals surface area contributed by atoms with Crippen LogP contribution in [-0.2, 0) is 5.72 Å². The second-order valence-electron chi connectivity index (χ2n) is 7.24. The zero-order valence-corrected chi connectivity index (χ0v) is 16.6. The van der Waals surface area contributed by atoms with Crippen LogP contribution >= 0.6 is 0 Å². The molecule has 0 amide bonds. The van der Waals surface area contributed by atoms with Gasteiger partial charge in [-0.15, -0.1) is 0 Å². The molecule has 154 valence electrons. The van der Waals surface area contributed by atoms with E-state index in [2.05, 4.69) is 5.32 Å². The number of nitrogens with one attached hydrogen (secondary N) is 1. The van der Waals surface area contributed by atoms with Crippen molar-refractivity contribution in [3.8, 4) is 0 Å². The Bertz CT molecular complexity index is 1220. The average Bonchev–Trinajstić information content (AvgIpc) is 2.83. The third-order valence-corrected chi connectivity index (χ3v) is 5.18. The molecule has 0 radical (unpaired) electrons. The van der Waals surface area contributed by atoms with Gasteiger partial charge in [0, 0.05) is 16.7 Å². The Labute approximate surface area is 179 Å². The number of fused-ring (bicyclic) bond motifs is 1. The third-order valence-electron chi connectivity index (χ3n) is 5.18. The van der Waals surface area contributed by atoms with Gasteiger partial charge in [0.15, 0.2) is 6.23 Å². The van der Waals surface area contributed by atoms with E-state index in [1.807, 2.05) is 24.3 Å². The van der Waals surface area contributed by atoms with Gasteiger partial charge in [-0.2, -0.15) is 0 Å². The number of ketones is 2. The standard InChI is InChI=1S/C26H21NO4/c28-23(21-16-15-18-9-7-8-12-20(18)17-21)25(30)27-26(31,22-13-5-2-6-14-22)24(29)19-10-3-1-4-11-19/h1-17,25,27,30-31H. The first-order valence-electron chi connectivity index (χ1n) is 9.85. The van der Waals surface area contributed by atoms with E-state index in [0.29, 0.717) is 0 Å². The molecule has 4 aromatic rings. The lowest BCUT2D eigenvalue weighted by Crippen LogP contribution is -2.55. The van der Waals surface area contributed by atoms with Crippen molar-refractivity contribution in [1.82, 2.24) is 5.32 Å². The van der Waals surface area contributed by atoms with Crippen LogP contribution in [0.4, 0.5) is 0 Å². The first kappa shape index (κ1) is 20.6. The van der Waals surface area contributed by atoms with Crippen LogP contribution in [0, 0.1) is 0 Å². The van der Waals surface area contributed by atoms with Crippen LogP contribution in [0.15, 0.2) is 103 Å². The van der Waals surface area contributed by atoms with Gasteiger partial charge >= 0.3 is 0 Å². The number of carbonyl (C=O) groups is 2. The molecular formula is C26H21NO4. The summed E-state index contributed by atoms with van der Waals surface area (Å²) in [6.45, 7) is 0. The minimum absolute atomic E-state index is 0.217. The van der Waals surface area contributed by atoms with Crippen molar-refractivity contribution in [3.05, 3.63) is 120 Å². The Kier molecular flexibility index (Phi) is 5.73. The molecule has 4 rings (SSSR count). The number of rotatable bonds is 7. The highest BCUT2D eigenvalue weighted by Crippen LogP contribution is 2.25. The molecule has 0 aromatic heterocycles. The fraction of sp³-hybridized carbons (Fsp3) is 0.0769. The Balaban J connectivity index is 1.67. The molecule has 0 aliphatic heterocycles. The predicted molar refractivity (Wildman–Crippen MR) is 119 cm³/mol. The molecule has 0 aliphatic carbocycles. The zero-order valence-electron chi connectivity index (χ0n) is 16.6. The maximum Gasteiger partial charge on any atom is 0.214 e. The lowest BCUT2D eigenvalue weighted by Gasteiger charge is -2.30. The topological polar surface area (TPSA) is 86.6 Å². The number of benzene rings is 4. The smallest absolute Gasteiger partial charge is 0.214 e. The zero-order chi connectivity index (χ0) is 21.8. The van der Waals surface area contributed by atoms with Crippen LogP contribution in [0.5, 0.6) is 0 Å². The summed E-state index contributed by atoms with van der Waals surface area (Å²) in [5, 5.41) is 26.3. The van der Waals surface area contributed by atoms with Crippen LogP contribution < -0.4 is 5.32 Å². The van der Waals surface area contributed by atoms with Crippen LogP contribution in [0.2, 0.25) is 0 Å². The molecule has 5 heteroatoms. The van der Waals surface area contributed by atoms with Gasteiger partial charge in [-0.3, -0.25) is 9.59 Å². The van der Waals surface area contributed by atoms with Crippen LogP contribution in [0.25, 0.3) is 10.8 Å². The van der Waals surface area contributed by atoms with E-state index < -0.39 is 23.5 Å². The summed E-state index contributed by atoms with van der Waals surface area (Å²) >= 11 is 0. The number of hydrogen-bond acceptors (Lipinski definition) is 5. The van der Waals surface area contributed by atoms with Gasteiger partial charge in [-0.1, -0.05) is 97.1 Å². The molecule has 2 unspecified atom stereocenters. The van der Waals surface area contributed by atoms with Gasteiger partial charge in [0.25, 0.3) is 0 Å². The van der Waals surface area contributed by atoms with E-state index in [0.717, 1.165) is 10.8 Å². The summed E-state index contributed by atoms with van der Waals surface area (Å²) < 4.78 is 0. The fourth-order valence-electron chi connectivity index (χ4n) is 3.52. The summed E-state index contributed by atoms with van der Waals surface area (Å²) in [5.74, 6) is -1.33. The lowest BCUT2D eigenvalue weighted by molar-refractivity contribution is -0.0249. The molecular weight excluding hydrogens is 390 g/mol. The van der Waals surface area contributed by atoms with Gasteiger partial charge in [0.2, 0.25) is 17.3 Å². The van der Waals surface area contributed by atoms with Crippen molar-refractivity contribution >= 4 is 22.3 Å². The van der Waals surface area contributed by atoms with Crippen LogP contribution in [0.3, 0.4) is 0 Å². The minimum atomic E-state index is -2.30. The maximum absolute atomic E-state index is 13.2. The van der Waals surface area contributed by atoms with Crippen molar-refractivity contribution < 1.29 is 19.8 Å².